The van der Waals surface area contributed by atoms with Gasteiger partial charge in [-0.05, 0) is 92.8 Å². The highest BCUT2D eigenvalue weighted by Gasteiger charge is 2.50. The molecule has 2 aromatic rings. The predicted molar refractivity (Wildman–Crippen MR) is 128 cm³/mol. The first-order valence-electron chi connectivity index (χ1n) is 10.6. The number of alkyl carbamates (subject to hydrolysis) is 1. The van der Waals surface area contributed by atoms with Crippen molar-refractivity contribution in [2.75, 3.05) is 18.0 Å². The van der Waals surface area contributed by atoms with E-state index in [2.05, 4.69) is 63.1 Å². The van der Waals surface area contributed by atoms with Crippen LogP contribution in [0.1, 0.15) is 56.5 Å². The number of nitrogens with one attached hydrogen (secondary N) is 1. The molecule has 2 heterocycles. The third-order valence-corrected chi connectivity index (χ3v) is 6.75. The zero-order chi connectivity index (χ0) is 21.5. The number of hydrogen-bond donors (Lipinski definition) is 1. The maximum absolute atomic E-state index is 12.7. The Kier molecular flexibility index (Phi) is 5.72. The summed E-state index contributed by atoms with van der Waals surface area (Å²) in [6, 6.07) is 12.7. The van der Waals surface area contributed by atoms with Gasteiger partial charge < -0.3 is 15.0 Å². The van der Waals surface area contributed by atoms with Gasteiger partial charge in [0, 0.05) is 33.3 Å². The summed E-state index contributed by atoms with van der Waals surface area (Å²) in [6.45, 7) is 9.80. The first kappa shape index (κ1) is 21.4. The van der Waals surface area contributed by atoms with E-state index >= 15 is 0 Å². The topological polar surface area (TPSA) is 54.5 Å². The van der Waals surface area contributed by atoms with Crippen molar-refractivity contribution in [3.8, 4) is 0 Å². The van der Waals surface area contributed by atoms with Gasteiger partial charge in [0.05, 0.1) is 0 Å². The van der Waals surface area contributed by atoms with E-state index < -0.39 is 0 Å². The second kappa shape index (κ2) is 8.02. The number of carbonyl (C=O) groups excluding carboxylic acids is 1. The molecule has 4 rings (SSSR count). The number of anilines is 1. The maximum atomic E-state index is 12.7. The van der Waals surface area contributed by atoms with Crippen LogP contribution in [0.25, 0.3) is 0 Å². The van der Waals surface area contributed by atoms with Gasteiger partial charge in [-0.25, -0.2) is 9.78 Å². The minimum absolute atomic E-state index is 0.0492. The maximum Gasteiger partial charge on any atom is 0.408 e. The molecule has 0 saturated carbocycles. The number of fused-ring (bicyclic) bond motifs is 1. The summed E-state index contributed by atoms with van der Waals surface area (Å²) in [5.74, 6) is 1.05. The quantitative estimate of drug-likeness (QED) is 0.540. The van der Waals surface area contributed by atoms with E-state index in [0.29, 0.717) is 0 Å². The van der Waals surface area contributed by atoms with Crippen molar-refractivity contribution in [1.29, 1.82) is 0 Å². The lowest BCUT2D eigenvalue weighted by Crippen LogP contribution is -2.46. The molecule has 1 N–H and O–H groups in total. The summed E-state index contributed by atoms with van der Waals surface area (Å²) in [7, 11) is 0. The van der Waals surface area contributed by atoms with Crippen molar-refractivity contribution in [3.63, 3.8) is 0 Å². The van der Waals surface area contributed by atoms with Crippen LogP contribution in [0.5, 0.6) is 0 Å². The van der Waals surface area contributed by atoms with Crippen molar-refractivity contribution in [2.45, 2.75) is 58.6 Å². The van der Waals surface area contributed by atoms with Crippen molar-refractivity contribution in [2.24, 2.45) is 5.41 Å². The van der Waals surface area contributed by atoms with Crippen LogP contribution in [-0.4, -0.2) is 29.7 Å². The van der Waals surface area contributed by atoms with E-state index in [1.54, 1.807) is 0 Å². The molecule has 1 atom stereocenters. The monoisotopic (exact) mass is 519 g/mol. The number of ether oxygens (including phenoxy) is 1. The summed E-state index contributed by atoms with van der Waals surface area (Å²) < 4.78 is 7.31. The molecule has 0 unspecified atom stereocenters. The molecule has 1 aromatic carbocycles. The van der Waals surface area contributed by atoms with Gasteiger partial charge in [-0.3, -0.25) is 0 Å². The van der Waals surface area contributed by atoms with Gasteiger partial charge in [0.1, 0.15) is 11.9 Å². The van der Waals surface area contributed by atoms with Gasteiger partial charge in [0.2, 0.25) is 0 Å². The van der Waals surface area contributed by atoms with Gasteiger partial charge >= 0.3 is 6.09 Å². The van der Waals surface area contributed by atoms with Gasteiger partial charge in [-0.2, -0.15) is 0 Å². The lowest BCUT2D eigenvalue weighted by Gasteiger charge is -2.43. The number of aryl methyl sites for hydroxylation is 1. The molecule has 2 aliphatic rings. The molecule has 1 fully saturated rings. The van der Waals surface area contributed by atoms with Crippen LogP contribution in [0.3, 0.4) is 0 Å². The summed E-state index contributed by atoms with van der Waals surface area (Å²) in [5, 5.41) is 2.96. The smallest absolute Gasteiger partial charge is 0.408 e. The van der Waals surface area contributed by atoms with Gasteiger partial charge in [0.15, 0.2) is 0 Å². The molecule has 1 amide bonds. The Balaban J connectivity index is 1.55. The van der Waals surface area contributed by atoms with E-state index in [9.17, 15) is 4.79 Å². The fourth-order valence-electron chi connectivity index (χ4n) is 4.78. The average Bonchev–Trinajstić information content (AvgIpc) is 2.93. The normalized spacial score (nSPS) is 20.2. The van der Waals surface area contributed by atoms with Crippen molar-refractivity contribution >= 4 is 34.5 Å². The summed E-state index contributed by atoms with van der Waals surface area (Å²) >= 11 is 2.35. The molecule has 1 spiro atoms. The number of hydrogen-bond acceptors (Lipinski definition) is 4. The highest BCUT2D eigenvalue weighted by Crippen LogP contribution is 2.54. The minimum Gasteiger partial charge on any atom is -0.441 e. The number of benzene rings is 1. The minimum atomic E-state index is -0.332. The van der Waals surface area contributed by atoms with Crippen molar-refractivity contribution in [1.82, 2.24) is 10.3 Å². The molecule has 5 nitrogen and oxygen atoms in total. The second-order valence-electron chi connectivity index (χ2n) is 9.67. The Bertz CT molecular complexity index is 925. The summed E-state index contributed by atoms with van der Waals surface area (Å²) in [4.78, 5) is 19.8. The lowest BCUT2D eigenvalue weighted by atomic mass is 9.74. The SMILES string of the molecule is Cc1cc(I)cc(N2CCC3(CC2)Cc2ccccc2[C@H]3OC(=O)NC(C)(C)C)n1. The predicted octanol–water partition coefficient (Wildman–Crippen LogP) is 5.40. The molecule has 160 valence electrons. The zero-order valence-corrected chi connectivity index (χ0v) is 20.3. The van der Waals surface area contributed by atoms with E-state index in [1.807, 2.05) is 33.8 Å². The lowest BCUT2D eigenvalue weighted by molar-refractivity contribution is -0.00244. The second-order valence-corrected chi connectivity index (χ2v) is 10.9. The van der Waals surface area contributed by atoms with E-state index in [4.69, 9.17) is 9.72 Å². The zero-order valence-electron chi connectivity index (χ0n) is 18.2. The van der Waals surface area contributed by atoms with Gasteiger partial charge in [-0.1, -0.05) is 24.3 Å². The molecule has 6 heteroatoms. The number of pyridine rings is 1. The number of halogens is 1. The summed E-state index contributed by atoms with van der Waals surface area (Å²) in [5.41, 5.74) is 3.15. The van der Waals surface area contributed by atoms with E-state index in [0.717, 1.165) is 43.9 Å². The highest BCUT2D eigenvalue weighted by atomic mass is 127. The average molecular weight is 519 g/mol. The fraction of sp³-hybridized carbons (Fsp3) is 0.500. The van der Waals surface area contributed by atoms with Crippen LogP contribution < -0.4 is 10.2 Å². The number of rotatable bonds is 2. The Morgan fingerprint density at radius 2 is 1.93 bits per heavy atom. The Labute approximate surface area is 192 Å². The Hall–Kier alpha value is -1.83. The first-order valence-corrected chi connectivity index (χ1v) is 11.7. The van der Waals surface area contributed by atoms with Crippen molar-refractivity contribution < 1.29 is 9.53 Å². The van der Waals surface area contributed by atoms with Crippen LogP contribution in [-0.2, 0) is 11.2 Å². The fourth-order valence-corrected chi connectivity index (χ4v) is 5.51. The Morgan fingerprint density at radius 1 is 1.23 bits per heavy atom. The molecule has 1 saturated heterocycles. The first-order chi connectivity index (χ1) is 14.2. The number of piperidine rings is 1. The number of nitrogens with zero attached hydrogens (tertiary/aromatic N) is 2. The number of carbonyl (C=O) groups is 1. The van der Waals surface area contributed by atoms with Crippen molar-refractivity contribution in [3.05, 3.63) is 56.8 Å². The standard InChI is InChI=1S/C24H30IN3O2/c1-16-13-18(25)14-20(26-16)28-11-9-24(10-12-28)15-17-7-5-6-8-19(17)21(24)30-22(29)27-23(2,3)4/h5-8,13-14,21H,9-12,15H2,1-4H3,(H,27,29)/t21-/m1/s1. The highest BCUT2D eigenvalue weighted by molar-refractivity contribution is 14.1. The van der Waals surface area contributed by atoms with Gasteiger partial charge in [-0.15, -0.1) is 0 Å². The number of aromatic nitrogens is 1. The van der Waals surface area contributed by atoms with Crippen LogP contribution in [0.15, 0.2) is 36.4 Å². The van der Waals surface area contributed by atoms with Gasteiger partial charge in [0.25, 0.3) is 0 Å². The molecule has 0 bridgehead atoms. The van der Waals surface area contributed by atoms with E-state index in [1.165, 1.54) is 14.7 Å². The molecular formula is C24H30IN3O2. The van der Waals surface area contributed by atoms with Crippen LogP contribution >= 0.6 is 22.6 Å². The molecule has 1 aliphatic carbocycles. The molecular weight excluding hydrogens is 489 g/mol. The Morgan fingerprint density at radius 3 is 2.60 bits per heavy atom. The molecule has 30 heavy (non-hydrogen) atoms. The number of amides is 1. The molecule has 1 aliphatic heterocycles. The summed E-state index contributed by atoms with van der Waals surface area (Å²) in [6.07, 6.45) is 2.37. The third kappa shape index (κ3) is 4.43. The van der Waals surface area contributed by atoms with Crippen LogP contribution in [0.4, 0.5) is 10.6 Å². The van der Waals surface area contributed by atoms with Crippen LogP contribution in [0, 0.1) is 15.9 Å². The van der Waals surface area contributed by atoms with Crippen LogP contribution in [0.2, 0.25) is 0 Å². The largest absolute Gasteiger partial charge is 0.441 e. The van der Waals surface area contributed by atoms with E-state index in [-0.39, 0.29) is 23.2 Å². The third-order valence-electron chi connectivity index (χ3n) is 6.13. The molecule has 1 aromatic heterocycles. The molecule has 0 radical (unpaired) electrons.